The number of phenolic OH excluding ortho intramolecular Hbond substituents is 3. The number of ketones is 1. The van der Waals surface area contributed by atoms with E-state index in [-0.39, 0.29) is 35.3 Å². The molecule has 0 spiro atoms. The second-order valence-electron chi connectivity index (χ2n) is 4.72. The van der Waals surface area contributed by atoms with E-state index in [1.807, 2.05) is 13.8 Å². The minimum Gasteiger partial charge on any atom is -0.507 e. The SMILES string of the molecule is CCC(C)CC(=O)c1c(O)c(C)c(O)c(C=O)c1O. The van der Waals surface area contributed by atoms with Crippen LogP contribution in [0.25, 0.3) is 0 Å². The zero-order valence-electron chi connectivity index (χ0n) is 11.2. The number of carbonyl (C=O) groups excluding carboxylic acids is 2. The second-order valence-corrected chi connectivity index (χ2v) is 4.72. The van der Waals surface area contributed by atoms with Crippen LogP contribution in [0.1, 0.15) is 53.0 Å². The van der Waals surface area contributed by atoms with Crippen LogP contribution in [0, 0.1) is 12.8 Å². The Kier molecular flexibility index (Phi) is 4.53. The van der Waals surface area contributed by atoms with Crippen molar-refractivity contribution in [3.63, 3.8) is 0 Å². The van der Waals surface area contributed by atoms with E-state index in [2.05, 4.69) is 0 Å². The van der Waals surface area contributed by atoms with Gasteiger partial charge >= 0.3 is 0 Å². The van der Waals surface area contributed by atoms with Crippen molar-refractivity contribution in [2.45, 2.75) is 33.6 Å². The normalized spacial score (nSPS) is 12.2. The molecule has 0 aliphatic heterocycles. The van der Waals surface area contributed by atoms with Crippen LogP contribution in [0.3, 0.4) is 0 Å². The van der Waals surface area contributed by atoms with Crippen molar-refractivity contribution in [2.24, 2.45) is 5.92 Å². The lowest BCUT2D eigenvalue weighted by Crippen LogP contribution is -2.08. The van der Waals surface area contributed by atoms with Gasteiger partial charge in [0, 0.05) is 12.0 Å². The van der Waals surface area contributed by atoms with Gasteiger partial charge in [-0.25, -0.2) is 0 Å². The van der Waals surface area contributed by atoms with E-state index in [0.29, 0.717) is 0 Å². The highest BCUT2D eigenvalue weighted by Crippen LogP contribution is 2.41. The number of phenols is 3. The summed E-state index contributed by atoms with van der Waals surface area (Å²) in [5, 5.41) is 29.4. The first kappa shape index (κ1) is 15.0. The predicted molar refractivity (Wildman–Crippen MR) is 70.0 cm³/mol. The molecule has 19 heavy (non-hydrogen) atoms. The molecule has 0 bridgehead atoms. The van der Waals surface area contributed by atoms with Crippen LogP contribution in [0.5, 0.6) is 17.2 Å². The van der Waals surface area contributed by atoms with E-state index in [9.17, 15) is 24.9 Å². The van der Waals surface area contributed by atoms with Crippen LogP contribution < -0.4 is 0 Å². The maximum atomic E-state index is 12.1. The Morgan fingerprint density at radius 2 is 1.79 bits per heavy atom. The predicted octanol–water partition coefficient (Wildman–Crippen LogP) is 2.54. The summed E-state index contributed by atoms with van der Waals surface area (Å²) in [6.07, 6.45) is 1.20. The number of aldehydes is 1. The monoisotopic (exact) mass is 266 g/mol. The van der Waals surface area contributed by atoms with E-state index in [0.717, 1.165) is 6.42 Å². The molecule has 0 saturated carbocycles. The molecule has 0 heterocycles. The molecule has 1 rings (SSSR count). The highest BCUT2D eigenvalue weighted by atomic mass is 16.3. The molecule has 5 nitrogen and oxygen atoms in total. The first-order valence-corrected chi connectivity index (χ1v) is 6.10. The van der Waals surface area contributed by atoms with E-state index in [1.165, 1.54) is 6.92 Å². The summed E-state index contributed by atoms with van der Waals surface area (Å²) in [5.41, 5.74) is -0.659. The molecule has 0 radical (unpaired) electrons. The second kappa shape index (κ2) is 5.73. The third-order valence-corrected chi connectivity index (χ3v) is 3.32. The third kappa shape index (κ3) is 2.70. The number of carbonyl (C=O) groups is 2. The molecule has 3 N–H and O–H groups in total. The maximum absolute atomic E-state index is 12.1. The highest BCUT2D eigenvalue weighted by molar-refractivity contribution is 6.05. The van der Waals surface area contributed by atoms with Crippen molar-refractivity contribution in [3.05, 3.63) is 16.7 Å². The van der Waals surface area contributed by atoms with Crippen molar-refractivity contribution in [1.82, 2.24) is 0 Å². The van der Waals surface area contributed by atoms with Gasteiger partial charge in [-0.15, -0.1) is 0 Å². The summed E-state index contributed by atoms with van der Waals surface area (Å²) >= 11 is 0. The molecule has 0 aliphatic carbocycles. The first-order valence-electron chi connectivity index (χ1n) is 6.10. The number of benzene rings is 1. The lowest BCUT2D eigenvalue weighted by Gasteiger charge is -2.14. The van der Waals surface area contributed by atoms with Gasteiger partial charge in [-0.2, -0.15) is 0 Å². The number of Topliss-reactive ketones (excluding diaryl/α,β-unsaturated/α-hetero) is 1. The molecule has 0 saturated heterocycles. The van der Waals surface area contributed by atoms with Crippen LogP contribution in [0.2, 0.25) is 0 Å². The van der Waals surface area contributed by atoms with Crippen LogP contribution >= 0.6 is 0 Å². The van der Waals surface area contributed by atoms with E-state index in [4.69, 9.17) is 0 Å². The zero-order valence-corrected chi connectivity index (χ0v) is 11.2. The Morgan fingerprint density at radius 3 is 2.26 bits per heavy atom. The minimum absolute atomic E-state index is 0.00685. The van der Waals surface area contributed by atoms with Crippen LogP contribution in [-0.4, -0.2) is 27.4 Å². The minimum atomic E-state index is -0.663. The number of hydrogen-bond donors (Lipinski definition) is 3. The number of rotatable bonds is 5. The quantitative estimate of drug-likeness (QED) is 0.562. The number of aromatic hydroxyl groups is 3. The number of hydrogen-bond acceptors (Lipinski definition) is 5. The standard InChI is InChI=1S/C14H18O5/c1-4-7(2)5-10(16)11-13(18)8(3)12(17)9(6-15)14(11)19/h6-7,17-19H,4-5H2,1-3H3. The third-order valence-electron chi connectivity index (χ3n) is 3.32. The van der Waals surface area contributed by atoms with E-state index >= 15 is 0 Å². The van der Waals surface area contributed by atoms with Gasteiger partial charge in [0.1, 0.15) is 22.8 Å². The van der Waals surface area contributed by atoms with Gasteiger partial charge in [-0.3, -0.25) is 9.59 Å². The fourth-order valence-electron chi connectivity index (χ4n) is 1.80. The Balaban J connectivity index is 3.39. The lowest BCUT2D eigenvalue weighted by atomic mass is 9.93. The topological polar surface area (TPSA) is 94.8 Å². The van der Waals surface area contributed by atoms with Crippen LogP contribution in [0.4, 0.5) is 0 Å². The largest absolute Gasteiger partial charge is 0.507 e. The summed E-state index contributed by atoms with van der Waals surface area (Å²) in [7, 11) is 0. The molecule has 104 valence electrons. The van der Waals surface area contributed by atoms with Gasteiger partial charge in [0.05, 0.1) is 5.56 Å². The lowest BCUT2D eigenvalue weighted by molar-refractivity contribution is 0.0958. The van der Waals surface area contributed by atoms with Crippen LogP contribution in [0.15, 0.2) is 0 Å². The maximum Gasteiger partial charge on any atom is 0.170 e. The van der Waals surface area contributed by atoms with E-state index < -0.39 is 23.0 Å². The molecule has 0 fully saturated rings. The van der Waals surface area contributed by atoms with Gasteiger partial charge in [0.25, 0.3) is 0 Å². The zero-order chi connectivity index (χ0) is 14.7. The van der Waals surface area contributed by atoms with Gasteiger partial charge in [-0.1, -0.05) is 20.3 Å². The summed E-state index contributed by atoms with van der Waals surface area (Å²) < 4.78 is 0. The molecule has 5 heteroatoms. The Morgan fingerprint density at radius 1 is 1.21 bits per heavy atom. The molecule has 0 amide bonds. The molecular formula is C14H18O5. The fourth-order valence-corrected chi connectivity index (χ4v) is 1.80. The van der Waals surface area contributed by atoms with Gasteiger partial charge < -0.3 is 15.3 Å². The first-order chi connectivity index (χ1) is 8.84. The molecule has 0 aliphatic rings. The van der Waals surface area contributed by atoms with Gasteiger partial charge in [0.2, 0.25) is 0 Å². The molecule has 1 aromatic rings. The van der Waals surface area contributed by atoms with Crippen molar-refractivity contribution < 1.29 is 24.9 Å². The average molecular weight is 266 g/mol. The highest BCUT2D eigenvalue weighted by Gasteiger charge is 2.26. The molecule has 1 atom stereocenters. The summed E-state index contributed by atoms with van der Waals surface area (Å²) in [5.74, 6) is -2.00. The van der Waals surface area contributed by atoms with Crippen molar-refractivity contribution in [1.29, 1.82) is 0 Å². The fraction of sp³-hybridized carbons (Fsp3) is 0.429. The molecular weight excluding hydrogens is 248 g/mol. The smallest absolute Gasteiger partial charge is 0.170 e. The van der Waals surface area contributed by atoms with E-state index in [1.54, 1.807) is 0 Å². The summed E-state index contributed by atoms with van der Waals surface area (Å²) in [6.45, 7) is 5.17. The van der Waals surface area contributed by atoms with Gasteiger partial charge in [-0.05, 0) is 12.8 Å². The summed E-state index contributed by atoms with van der Waals surface area (Å²) in [4.78, 5) is 22.9. The Labute approximate surface area is 111 Å². The average Bonchev–Trinajstić information content (AvgIpc) is 2.36. The van der Waals surface area contributed by atoms with Crippen molar-refractivity contribution in [2.75, 3.05) is 0 Å². The Hall–Kier alpha value is -2.04. The molecule has 1 unspecified atom stereocenters. The van der Waals surface area contributed by atoms with Gasteiger partial charge in [0.15, 0.2) is 12.1 Å². The Bertz CT molecular complexity index is 519. The van der Waals surface area contributed by atoms with Crippen molar-refractivity contribution in [3.8, 4) is 17.2 Å². The van der Waals surface area contributed by atoms with Crippen molar-refractivity contribution >= 4 is 12.1 Å². The summed E-state index contributed by atoms with van der Waals surface area (Å²) in [6, 6.07) is 0. The molecule has 0 aromatic heterocycles. The van der Waals surface area contributed by atoms with Crippen LogP contribution in [-0.2, 0) is 0 Å². The molecule has 1 aromatic carbocycles.